The molecule has 0 bridgehead atoms. The number of nitrogens with two attached hydrogens (primary N) is 1. The lowest BCUT2D eigenvalue weighted by Crippen LogP contribution is -2.32. The SMILES string of the molecule is C=C(c1ccc(COc2nc(C(C(=NC)C3CC3)=C(N)OC)ncc2C(NC)C(F)(F)F)cc1)N(C)/C=C(\C)C(F)(F)F. The number of aromatic nitrogens is 2. The van der Waals surface area contributed by atoms with Crippen LogP contribution in [0.15, 0.2) is 59.7 Å². The average molecular weight is 613 g/mol. The zero-order valence-corrected chi connectivity index (χ0v) is 24.4. The molecule has 1 heterocycles. The molecule has 0 saturated heterocycles. The first-order chi connectivity index (χ1) is 20.1. The van der Waals surface area contributed by atoms with Crippen LogP contribution in [0.5, 0.6) is 5.88 Å². The van der Waals surface area contributed by atoms with Crippen LogP contribution in [-0.4, -0.2) is 61.2 Å². The highest BCUT2D eigenvalue weighted by molar-refractivity contribution is 6.25. The highest BCUT2D eigenvalue weighted by atomic mass is 19.4. The number of hydrogen-bond acceptors (Lipinski definition) is 8. The summed E-state index contributed by atoms with van der Waals surface area (Å²) in [6.45, 7) is 4.63. The van der Waals surface area contributed by atoms with Crippen LogP contribution >= 0.6 is 0 Å². The largest absolute Gasteiger partial charge is 0.482 e. The molecule has 1 aliphatic carbocycles. The fourth-order valence-corrected chi connectivity index (χ4v) is 4.20. The summed E-state index contributed by atoms with van der Waals surface area (Å²) in [7, 11) is 5.53. The predicted octanol–water partition coefficient (Wildman–Crippen LogP) is 6.00. The Kier molecular flexibility index (Phi) is 10.5. The van der Waals surface area contributed by atoms with Crippen molar-refractivity contribution in [2.75, 3.05) is 28.3 Å². The number of alkyl halides is 6. The molecule has 1 aliphatic rings. The van der Waals surface area contributed by atoms with Gasteiger partial charge in [0.2, 0.25) is 5.88 Å². The third-order valence-electron chi connectivity index (χ3n) is 6.78. The fraction of sp³-hybridized carbons (Fsp3) is 0.414. The van der Waals surface area contributed by atoms with E-state index in [-0.39, 0.29) is 41.2 Å². The van der Waals surface area contributed by atoms with Crippen LogP contribution in [0.2, 0.25) is 0 Å². The first-order valence-electron chi connectivity index (χ1n) is 13.1. The number of halogens is 6. The first-order valence-corrected chi connectivity index (χ1v) is 13.1. The van der Waals surface area contributed by atoms with Gasteiger partial charge in [0, 0.05) is 43.7 Å². The van der Waals surface area contributed by atoms with E-state index in [1.807, 2.05) is 0 Å². The molecule has 0 aliphatic heterocycles. The van der Waals surface area contributed by atoms with Gasteiger partial charge in [0.25, 0.3) is 0 Å². The van der Waals surface area contributed by atoms with Crippen molar-refractivity contribution in [3.05, 3.63) is 77.2 Å². The van der Waals surface area contributed by atoms with E-state index < -0.39 is 24.0 Å². The number of nitrogens with one attached hydrogen (secondary N) is 1. The van der Waals surface area contributed by atoms with E-state index in [0.29, 0.717) is 22.5 Å². The van der Waals surface area contributed by atoms with Crippen molar-refractivity contribution in [2.45, 2.75) is 44.8 Å². The predicted molar refractivity (Wildman–Crippen MR) is 151 cm³/mol. The summed E-state index contributed by atoms with van der Waals surface area (Å²) >= 11 is 0. The monoisotopic (exact) mass is 612 g/mol. The van der Waals surface area contributed by atoms with Crippen molar-refractivity contribution in [2.24, 2.45) is 16.6 Å². The van der Waals surface area contributed by atoms with Gasteiger partial charge in [-0.3, -0.25) is 4.99 Å². The lowest BCUT2D eigenvalue weighted by atomic mass is 10.0. The Labute approximate surface area is 246 Å². The van der Waals surface area contributed by atoms with Gasteiger partial charge in [0.15, 0.2) is 11.7 Å². The molecule has 8 nitrogen and oxygen atoms in total. The Morgan fingerprint density at radius 3 is 2.33 bits per heavy atom. The van der Waals surface area contributed by atoms with Gasteiger partial charge in [0.05, 0.1) is 18.4 Å². The number of nitrogens with zero attached hydrogens (tertiary/aromatic N) is 4. The Morgan fingerprint density at radius 1 is 1.21 bits per heavy atom. The summed E-state index contributed by atoms with van der Waals surface area (Å²) in [6, 6.07) is 4.36. The van der Waals surface area contributed by atoms with Gasteiger partial charge in [-0.1, -0.05) is 30.8 Å². The van der Waals surface area contributed by atoms with E-state index in [1.54, 1.807) is 31.3 Å². The van der Waals surface area contributed by atoms with E-state index in [0.717, 1.165) is 39.2 Å². The van der Waals surface area contributed by atoms with Gasteiger partial charge in [0.1, 0.15) is 18.2 Å². The zero-order valence-electron chi connectivity index (χ0n) is 24.4. The molecule has 234 valence electrons. The summed E-state index contributed by atoms with van der Waals surface area (Å²) in [4.78, 5) is 14.1. The van der Waals surface area contributed by atoms with Crippen LogP contribution in [0, 0.1) is 5.92 Å². The van der Waals surface area contributed by atoms with Crippen LogP contribution < -0.4 is 15.8 Å². The Hall–Kier alpha value is -4.07. The van der Waals surface area contributed by atoms with Gasteiger partial charge in [-0.25, -0.2) is 4.98 Å². The van der Waals surface area contributed by atoms with Crippen LogP contribution in [0.3, 0.4) is 0 Å². The Bertz CT molecular complexity index is 1400. The molecule has 1 aromatic heterocycles. The lowest BCUT2D eigenvalue weighted by Gasteiger charge is -2.22. The van der Waals surface area contributed by atoms with Crippen molar-refractivity contribution in [1.82, 2.24) is 20.2 Å². The highest BCUT2D eigenvalue weighted by Crippen LogP contribution is 2.39. The van der Waals surface area contributed by atoms with Gasteiger partial charge in [-0.05, 0) is 37.9 Å². The average Bonchev–Trinajstić information content (AvgIpc) is 3.79. The van der Waals surface area contributed by atoms with Crippen molar-refractivity contribution in [3.63, 3.8) is 0 Å². The number of rotatable bonds is 12. The van der Waals surface area contributed by atoms with Gasteiger partial charge in [-0.15, -0.1) is 0 Å². The molecular formula is C29H34F6N6O2. The van der Waals surface area contributed by atoms with Crippen molar-refractivity contribution >= 4 is 17.0 Å². The maximum Gasteiger partial charge on any atom is 0.413 e. The summed E-state index contributed by atoms with van der Waals surface area (Å²) in [5, 5.41) is 2.24. The summed E-state index contributed by atoms with van der Waals surface area (Å²) in [5.41, 5.74) is 7.23. The molecule has 1 atom stereocenters. The van der Waals surface area contributed by atoms with Gasteiger partial charge < -0.3 is 25.4 Å². The molecule has 1 saturated carbocycles. The second-order valence-corrected chi connectivity index (χ2v) is 9.90. The smallest absolute Gasteiger partial charge is 0.413 e. The van der Waals surface area contributed by atoms with E-state index in [4.69, 9.17) is 15.2 Å². The molecule has 3 N–H and O–H groups in total. The molecule has 0 spiro atoms. The highest BCUT2D eigenvalue weighted by Gasteiger charge is 2.42. The molecule has 1 unspecified atom stereocenters. The number of hydrogen-bond donors (Lipinski definition) is 2. The first kappa shape index (κ1) is 33.4. The van der Waals surface area contributed by atoms with Crippen molar-refractivity contribution < 1.29 is 35.8 Å². The van der Waals surface area contributed by atoms with E-state index >= 15 is 0 Å². The topological polar surface area (TPSA) is 97.9 Å². The Morgan fingerprint density at radius 2 is 1.84 bits per heavy atom. The van der Waals surface area contributed by atoms with E-state index in [9.17, 15) is 26.3 Å². The molecule has 1 fully saturated rings. The minimum Gasteiger partial charge on any atom is -0.482 e. The van der Waals surface area contributed by atoms with Crippen LogP contribution in [0.25, 0.3) is 11.3 Å². The summed E-state index contributed by atoms with van der Waals surface area (Å²) < 4.78 is 91.5. The standard InChI is InChI=1S/C29H34F6N6O2/c1-16(28(30,31)32)14-41(5)17(2)19-9-7-18(8-10-19)15-43-27-21(24(38-4)29(33,34)35)13-39-26(40-27)22(25(36)42-6)23(37-3)20-11-12-20/h7-10,13-14,20,24,38H,2,11-12,15,36H2,1,3-6H3/b16-14+,25-22?,37-23?. The normalized spacial score (nSPS) is 16.0. The lowest BCUT2D eigenvalue weighted by molar-refractivity contribution is -0.156. The summed E-state index contributed by atoms with van der Waals surface area (Å²) in [5.74, 6) is -0.259. The molecule has 14 heteroatoms. The summed E-state index contributed by atoms with van der Waals surface area (Å²) in [6.07, 6.45) is -5.46. The number of methoxy groups -OCH3 is 1. The van der Waals surface area contributed by atoms with Crippen LogP contribution in [0.1, 0.15) is 48.3 Å². The number of benzene rings is 1. The van der Waals surface area contributed by atoms with Crippen LogP contribution in [-0.2, 0) is 11.3 Å². The molecule has 2 aromatic rings. The van der Waals surface area contributed by atoms with Crippen molar-refractivity contribution in [3.8, 4) is 5.88 Å². The third kappa shape index (κ3) is 8.27. The fourth-order valence-electron chi connectivity index (χ4n) is 4.20. The molecule has 3 rings (SSSR count). The number of aliphatic imine (C=N–C) groups is 1. The number of ether oxygens (including phenoxy) is 2. The third-order valence-corrected chi connectivity index (χ3v) is 6.78. The molecule has 43 heavy (non-hydrogen) atoms. The van der Waals surface area contributed by atoms with Crippen molar-refractivity contribution in [1.29, 1.82) is 0 Å². The number of allylic oxidation sites excluding steroid dienone is 2. The van der Waals surface area contributed by atoms with Gasteiger partial charge >= 0.3 is 12.4 Å². The minimum atomic E-state index is -4.68. The maximum absolute atomic E-state index is 13.9. The quantitative estimate of drug-likeness (QED) is 0.172. The Balaban J connectivity index is 1.94. The molecular weight excluding hydrogens is 578 g/mol. The zero-order chi connectivity index (χ0) is 32.1. The second kappa shape index (κ2) is 13.5. The molecule has 0 amide bonds. The van der Waals surface area contributed by atoms with E-state index in [2.05, 4.69) is 26.9 Å². The van der Waals surface area contributed by atoms with Crippen LogP contribution in [0.4, 0.5) is 26.3 Å². The van der Waals surface area contributed by atoms with Gasteiger partial charge in [-0.2, -0.15) is 31.3 Å². The second-order valence-electron chi connectivity index (χ2n) is 9.90. The molecule has 1 aromatic carbocycles. The molecule has 0 radical (unpaired) electrons. The maximum atomic E-state index is 13.9. The minimum absolute atomic E-state index is 0.000447. The van der Waals surface area contributed by atoms with E-state index in [1.165, 1.54) is 19.1 Å².